The lowest BCUT2D eigenvalue weighted by molar-refractivity contribution is 0.00482. The summed E-state index contributed by atoms with van der Waals surface area (Å²) in [6.07, 6.45) is -1.65. The highest BCUT2D eigenvalue weighted by Gasteiger charge is 2.33. The molecule has 4 aromatic rings. The van der Waals surface area contributed by atoms with Crippen molar-refractivity contribution in [3.05, 3.63) is 143 Å². The zero-order valence-electron chi connectivity index (χ0n) is 25.0. The first kappa shape index (κ1) is 30.2. The Bertz CT molecular complexity index is 1560. The fraction of sp³-hybridized carbons (Fsp3) is 0.222. The quantitative estimate of drug-likeness (QED) is 0.261. The molecule has 1 heterocycles. The molecular formula is C36H34N2O6. The van der Waals surface area contributed by atoms with E-state index in [-0.39, 0.29) is 22.9 Å². The van der Waals surface area contributed by atoms with Gasteiger partial charge in [-0.05, 0) is 61.4 Å². The van der Waals surface area contributed by atoms with E-state index >= 15 is 0 Å². The molecule has 0 saturated heterocycles. The number of nitrogens with zero attached hydrogens (tertiary/aromatic N) is 2. The Hall–Kier alpha value is -5.24. The molecule has 0 spiro atoms. The summed E-state index contributed by atoms with van der Waals surface area (Å²) in [6, 6.07) is 29.8. The number of hydrogen-bond donors (Lipinski definition) is 0. The fourth-order valence-electron chi connectivity index (χ4n) is 5.28. The molecular weight excluding hydrogens is 556 g/mol. The Morgan fingerprint density at radius 1 is 0.477 bits per heavy atom. The van der Waals surface area contributed by atoms with Crippen LogP contribution in [0.15, 0.2) is 109 Å². The van der Waals surface area contributed by atoms with Gasteiger partial charge in [-0.2, -0.15) is 0 Å². The number of likely N-dealkylation sites (N-methyl/N-ethyl adjacent to an activating group) is 2. The number of esters is 2. The highest BCUT2D eigenvalue weighted by molar-refractivity contribution is 6.00. The van der Waals surface area contributed by atoms with E-state index in [0.29, 0.717) is 22.3 Å². The van der Waals surface area contributed by atoms with Crippen molar-refractivity contribution in [2.24, 2.45) is 0 Å². The SMILES string of the molecule is C[C@H]1C(c2ccccc2)OC(=O)c2cccc(c2)C(=O)O[C@H](c2ccccc2)[C@H](C)N(C)C(=O)c2cccc(c2)C(=O)N1C. The minimum Gasteiger partial charge on any atom is -0.452 e. The van der Waals surface area contributed by atoms with Crippen LogP contribution in [0.2, 0.25) is 0 Å². The van der Waals surface area contributed by atoms with Gasteiger partial charge in [-0.25, -0.2) is 9.59 Å². The lowest BCUT2D eigenvalue weighted by atomic mass is 9.99. The van der Waals surface area contributed by atoms with Gasteiger partial charge in [-0.3, -0.25) is 9.59 Å². The van der Waals surface area contributed by atoms with Crippen molar-refractivity contribution < 1.29 is 28.7 Å². The Labute approximate surface area is 256 Å². The maximum Gasteiger partial charge on any atom is 0.338 e. The standard InChI is InChI=1S/C36H34N2O6/c1-23-31(25-13-7-5-8-14-25)43-35(41)29-19-12-20-30(22-29)36(42)44-32(26-15-9-6-10-16-26)24(2)38(4)34(40)28-18-11-17-27(21-28)33(39)37(23)3/h5-24,31-32H,1-4H3/t23-,24-,31-,32?/m0/s1. The van der Waals surface area contributed by atoms with Gasteiger partial charge in [0, 0.05) is 25.2 Å². The van der Waals surface area contributed by atoms with Gasteiger partial charge >= 0.3 is 11.9 Å². The highest BCUT2D eigenvalue weighted by atomic mass is 16.5. The third-order valence-electron chi connectivity index (χ3n) is 8.15. The predicted octanol–water partition coefficient (Wildman–Crippen LogP) is 6.12. The number of ether oxygens (including phenoxy) is 2. The van der Waals surface area contributed by atoms with Gasteiger partial charge in [-0.1, -0.05) is 72.8 Å². The van der Waals surface area contributed by atoms with Crippen LogP contribution in [0.5, 0.6) is 0 Å². The Morgan fingerprint density at radius 2 is 0.818 bits per heavy atom. The van der Waals surface area contributed by atoms with Gasteiger partial charge in [0.05, 0.1) is 23.2 Å². The lowest BCUT2D eigenvalue weighted by Crippen LogP contribution is -2.41. The van der Waals surface area contributed by atoms with E-state index in [1.165, 1.54) is 15.9 Å². The molecule has 224 valence electrons. The summed E-state index contributed by atoms with van der Waals surface area (Å²) < 4.78 is 12.1. The van der Waals surface area contributed by atoms with E-state index in [1.54, 1.807) is 70.4 Å². The maximum absolute atomic E-state index is 13.7. The third kappa shape index (κ3) is 6.24. The average Bonchev–Trinajstić information content (AvgIpc) is 3.07. The van der Waals surface area contributed by atoms with E-state index in [0.717, 1.165) is 0 Å². The van der Waals surface area contributed by atoms with Gasteiger partial charge in [-0.15, -0.1) is 0 Å². The summed E-state index contributed by atoms with van der Waals surface area (Å²) >= 11 is 0. The van der Waals surface area contributed by atoms with Crippen LogP contribution >= 0.6 is 0 Å². The second-order valence-electron chi connectivity index (χ2n) is 10.9. The molecule has 4 bridgehead atoms. The van der Waals surface area contributed by atoms with Crippen LogP contribution in [0.1, 0.15) is 78.6 Å². The molecule has 1 unspecified atom stereocenters. The zero-order valence-corrected chi connectivity index (χ0v) is 25.0. The summed E-state index contributed by atoms with van der Waals surface area (Å²) in [6.45, 7) is 3.59. The molecule has 0 fully saturated rings. The first-order chi connectivity index (χ1) is 21.2. The number of benzene rings is 4. The number of amides is 2. The Morgan fingerprint density at radius 3 is 1.20 bits per heavy atom. The fourth-order valence-corrected chi connectivity index (χ4v) is 5.28. The van der Waals surface area contributed by atoms with Gasteiger partial charge in [0.2, 0.25) is 0 Å². The number of cyclic esters (lactones) is 2. The van der Waals surface area contributed by atoms with Crippen LogP contribution in [-0.2, 0) is 9.47 Å². The summed E-state index contributed by atoms with van der Waals surface area (Å²) in [5, 5.41) is 0. The van der Waals surface area contributed by atoms with E-state index < -0.39 is 36.2 Å². The van der Waals surface area contributed by atoms with E-state index in [1.807, 2.05) is 60.7 Å². The topological polar surface area (TPSA) is 93.2 Å². The molecule has 0 saturated carbocycles. The van der Waals surface area contributed by atoms with Crippen LogP contribution in [0, 0.1) is 0 Å². The van der Waals surface area contributed by atoms with Crippen LogP contribution in [0.3, 0.4) is 0 Å². The summed E-state index contributed by atoms with van der Waals surface area (Å²) in [4.78, 5) is 57.6. The molecule has 44 heavy (non-hydrogen) atoms. The molecule has 2 amide bonds. The molecule has 0 aromatic heterocycles. The smallest absolute Gasteiger partial charge is 0.338 e. The van der Waals surface area contributed by atoms with Crippen LogP contribution < -0.4 is 0 Å². The van der Waals surface area contributed by atoms with Crippen molar-refractivity contribution >= 4 is 23.8 Å². The number of carbonyl (C=O) groups excluding carboxylic acids is 4. The zero-order chi connectivity index (χ0) is 31.4. The molecule has 5 rings (SSSR count). The molecule has 8 nitrogen and oxygen atoms in total. The van der Waals surface area contributed by atoms with E-state index in [2.05, 4.69) is 0 Å². The second-order valence-corrected chi connectivity index (χ2v) is 10.9. The first-order valence-corrected chi connectivity index (χ1v) is 14.4. The predicted molar refractivity (Wildman–Crippen MR) is 165 cm³/mol. The molecule has 4 atom stereocenters. The minimum absolute atomic E-state index is 0.159. The van der Waals surface area contributed by atoms with Crippen molar-refractivity contribution in [3.63, 3.8) is 0 Å². The molecule has 1 aliphatic heterocycles. The van der Waals surface area contributed by atoms with Crippen molar-refractivity contribution in [1.29, 1.82) is 0 Å². The third-order valence-corrected chi connectivity index (χ3v) is 8.15. The lowest BCUT2D eigenvalue weighted by Gasteiger charge is -2.33. The molecule has 8 heteroatoms. The van der Waals surface area contributed by atoms with Crippen molar-refractivity contribution in [3.8, 4) is 0 Å². The Balaban J connectivity index is 1.62. The molecule has 1 aliphatic rings. The number of fused-ring (bicyclic) bond motifs is 4. The van der Waals surface area contributed by atoms with Crippen molar-refractivity contribution in [1.82, 2.24) is 9.80 Å². The molecule has 4 aromatic carbocycles. The van der Waals surface area contributed by atoms with E-state index in [9.17, 15) is 19.2 Å². The normalized spacial score (nSPS) is 21.6. The largest absolute Gasteiger partial charge is 0.452 e. The molecule has 0 N–H and O–H groups in total. The maximum atomic E-state index is 13.7. The summed E-state index contributed by atoms with van der Waals surface area (Å²) in [5.41, 5.74) is 2.33. The molecule has 0 radical (unpaired) electrons. The van der Waals surface area contributed by atoms with Gasteiger partial charge in [0.15, 0.2) is 0 Å². The van der Waals surface area contributed by atoms with E-state index in [4.69, 9.17) is 9.47 Å². The first-order valence-electron chi connectivity index (χ1n) is 14.4. The minimum atomic E-state index is -0.827. The average molecular weight is 591 g/mol. The van der Waals surface area contributed by atoms with Gasteiger partial charge in [0.25, 0.3) is 11.8 Å². The monoisotopic (exact) mass is 590 g/mol. The van der Waals surface area contributed by atoms with Gasteiger partial charge < -0.3 is 19.3 Å². The van der Waals surface area contributed by atoms with Crippen LogP contribution in [0.4, 0.5) is 0 Å². The van der Waals surface area contributed by atoms with Crippen LogP contribution in [-0.4, -0.2) is 59.7 Å². The highest BCUT2D eigenvalue weighted by Crippen LogP contribution is 2.30. The van der Waals surface area contributed by atoms with Crippen molar-refractivity contribution in [2.45, 2.75) is 38.1 Å². The Kier molecular flexibility index (Phi) is 8.90. The number of rotatable bonds is 2. The van der Waals surface area contributed by atoms with Crippen LogP contribution in [0.25, 0.3) is 0 Å². The number of hydrogen-bond acceptors (Lipinski definition) is 6. The van der Waals surface area contributed by atoms with Gasteiger partial charge in [0.1, 0.15) is 12.2 Å². The number of carbonyl (C=O) groups is 4. The summed E-state index contributed by atoms with van der Waals surface area (Å²) in [7, 11) is 3.28. The molecule has 0 aliphatic carbocycles. The van der Waals surface area contributed by atoms with Crippen molar-refractivity contribution in [2.75, 3.05) is 14.1 Å². The summed E-state index contributed by atoms with van der Waals surface area (Å²) in [5.74, 6) is -1.97. The second kappa shape index (κ2) is 13.0.